The molecule has 0 aliphatic heterocycles. The molecule has 0 unspecified atom stereocenters. The third-order valence-electron chi connectivity index (χ3n) is 2.68. The molecule has 0 spiro atoms. The van der Waals surface area contributed by atoms with E-state index in [4.69, 9.17) is 4.74 Å². The summed E-state index contributed by atoms with van der Waals surface area (Å²) in [5.41, 5.74) is 1.79. The standard InChI is InChI=1S/C14H13FN2O3/c15-13-2-1-3-14(16-13)20-10-12-6-4-11(5-7-12)8-9-17(18)19/h1-7H,8-10H2. The highest BCUT2D eigenvalue weighted by atomic mass is 19.1. The van der Waals surface area contributed by atoms with Crippen LogP contribution in [0.25, 0.3) is 0 Å². The van der Waals surface area contributed by atoms with Gasteiger partial charge in [-0.1, -0.05) is 30.3 Å². The number of aromatic nitrogens is 1. The van der Waals surface area contributed by atoms with Gasteiger partial charge in [0.1, 0.15) is 6.61 Å². The summed E-state index contributed by atoms with van der Waals surface area (Å²) >= 11 is 0. The van der Waals surface area contributed by atoms with Crippen LogP contribution in [0.5, 0.6) is 5.88 Å². The second-order valence-electron chi connectivity index (χ2n) is 4.21. The molecule has 0 aliphatic rings. The van der Waals surface area contributed by atoms with Crippen molar-refractivity contribution in [2.24, 2.45) is 0 Å². The number of pyridine rings is 1. The van der Waals surface area contributed by atoms with Gasteiger partial charge in [-0.2, -0.15) is 9.37 Å². The van der Waals surface area contributed by atoms with Gasteiger partial charge >= 0.3 is 0 Å². The second kappa shape index (κ2) is 6.60. The summed E-state index contributed by atoms with van der Waals surface area (Å²) in [6.07, 6.45) is 0.402. The molecule has 104 valence electrons. The lowest BCUT2D eigenvalue weighted by Gasteiger charge is -2.06. The highest BCUT2D eigenvalue weighted by Gasteiger charge is 2.02. The van der Waals surface area contributed by atoms with E-state index in [1.54, 1.807) is 6.07 Å². The van der Waals surface area contributed by atoms with Gasteiger partial charge in [0.2, 0.25) is 18.4 Å². The van der Waals surface area contributed by atoms with Gasteiger partial charge < -0.3 is 4.74 Å². The summed E-state index contributed by atoms with van der Waals surface area (Å²) in [5.74, 6) is -0.361. The smallest absolute Gasteiger partial charge is 0.216 e. The Morgan fingerprint density at radius 3 is 2.50 bits per heavy atom. The molecule has 20 heavy (non-hydrogen) atoms. The zero-order chi connectivity index (χ0) is 14.4. The van der Waals surface area contributed by atoms with Gasteiger partial charge in [-0.25, -0.2) is 0 Å². The van der Waals surface area contributed by atoms with Crippen LogP contribution >= 0.6 is 0 Å². The van der Waals surface area contributed by atoms with Gasteiger partial charge in [0.05, 0.1) is 0 Å². The molecular weight excluding hydrogens is 263 g/mol. The minimum absolute atomic E-state index is 0.0803. The zero-order valence-corrected chi connectivity index (χ0v) is 10.7. The molecule has 0 bridgehead atoms. The molecule has 0 saturated heterocycles. The van der Waals surface area contributed by atoms with Gasteiger partial charge in [0.15, 0.2) is 0 Å². The third kappa shape index (κ3) is 4.31. The minimum Gasteiger partial charge on any atom is -0.473 e. The summed E-state index contributed by atoms with van der Waals surface area (Å²) in [6.45, 7) is 0.190. The molecule has 1 aromatic heterocycles. The predicted octanol–water partition coefficient (Wildman–Crippen LogP) is 2.62. The lowest BCUT2D eigenvalue weighted by molar-refractivity contribution is -0.479. The number of hydrogen-bond acceptors (Lipinski definition) is 4. The molecule has 2 rings (SSSR count). The maximum absolute atomic E-state index is 12.8. The Morgan fingerprint density at radius 1 is 1.15 bits per heavy atom. The van der Waals surface area contributed by atoms with E-state index in [1.165, 1.54) is 12.1 Å². The van der Waals surface area contributed by atoms with Gasteiger partial charge in [-0.3, -0.25) is 10.1 Å². The molecule has 0 amide bonds. The Hall–Kier alpha value is -2.50. The highest BCUT2D eigenvalue weighted by Crippen LogP contribution is 2.11. The average Bonchev–Trinajstić information content (AvgIpc) is 2.44. The first-order valence-electron chi connectivity index (χ1n) is 6.08. The SMILES string of the molecule is O=[N+]([O-])CCc1ccc(COc2cccc(F)n2)cc1. The number of hydrogen-bond donors (Lipinski definition) is 0. The molecule has 1 aromatic carbocycles. The lowest BCUT2D eigenvalue weighted by Crippen LogP contribution is -2.04. The Morgan fingerprint density at radius 2 is 1.85 bits per heavy atom. The molecule has 0 fully saturated rings. The maximum atomic E-state index is 12.8. The summed E-state index contributed by atoms with van der Waals surface area (Å²) in [7, 11) is 0. The molecule has 5 nitrogen and oxygen atoms in total. The molecule has 0 atom stereocenters. The predicted molar refractivity (Wildman–Crippen MR) is 70.5 cm³/mol. The van der Waals surface area contributed by atoms with E-state index in [0.717, 1.165) is 11.1 Å². The van der Waals surface area contributed by atoms with Crippen molar-refractivity contribution in [3.05, 3.63) is 69.7 Å². The van der Waals surface area contributed by atoms with Crippen LogP contribution < -0.4 is 4.74 Å². The number of ether oxygens (including phenoxy) is 1. The topological polar surface area (TPSA) is 65.3 Å². The number of rotatable bonds is 6. The highest BCUT2D eigenvalue weighted by molar-refractivity contribution is 5.22. The van der Waals surface area contributed by atoms with E-state index >= 15 is 0 Å². The summed E-state index contributed by atoms with van der Waals surface area (Å²) < 4.78 is 18.2. The van der Waals surface area contributed by atoms with Crippen LogP contribution in [0, 0.1) is 16.1 Å². The van der Waals surface area contributed by atoms with Crippen molar-refractivity contribution < 1.29 is 14.1 Å². The van der Waals surface area contributed by atoms with E-state index in [2.05, 4.69) is 4.98 Å². The molecular formula is C14H13FN2O3. The first-order valence-corrected chi connectivity index (χ1v) is 6.08. The van der Waals surface area contributed by atoms with Crippen LogP contribution in [0.4, 0.5) is 4.39 Å². The summed E-state index contributed by atoms with van der Waals surface area (Å²) in [6, 6.07) is 11.6. The lowest BCUT2D eigenvalue weighted by atomic mass is 10.1. The Labute approximate surface area is 115 Å². The first kappa shape index (κ1) is 13.9. The normalized spacial score (nSPS) is 10.2. The van der Waals surface area contributed by atoms with Gasteiger partial charge in [0, 0.05) is 17.4 Å². The maximum Gasteiger partial charge on any atom is 0.216 e. The fraction of sp³-hybridized carbons (Fsp3) is 0.214. The molecule has 6 heteroatoms. The fourth-order valence-corrected chi connectivity index (χ4v) is 1.65. The van der Waals surface area contributed by atoms with E-state index in [1.807, 2.05) is 24.3 Å². The first-order chi connectivity index (χ1) is 9.63. The molecule has 2 aromatic rings. The van der Waals surface area contributed by atoms with Crippen molar-refractivity contribution in [1.82, 2.24) is 4.98 Å². The molecule has 0 N–H and O–H groups in total. The van der Waals surface area contributed by atoms with Crippen LogP contribution in [-0.2, 0) is 13.0 Å². The van der Waals surface area contributed by atoms with Crippen molar-refractivity contribution >= 4 is 0 Å². The number of benzene rings is 1. The van der Waals surface area contributed by atoms with Gasteiger partial charge in [0.25, 0.3) is 0 Å². The van der Waals surface area contributed by atoms with Gasteiger partial charge in [-0.15, -0.1) is 0 Å². The van der Waals surface area contributed by atoms with Crippen LogP contribution in [-0.4, -0.2) is 16.5 Å². The molecule has 0 radical (unpaired) electrons. The van der Waals surface area contributed by atoms with E-state index < -0.39 is 5.95 Å². The molecule has 0 aliphatic carbocycles. The summed E-state index contributed by atoms with van der Waals surface area (Å²) in [5, 5.41) is 10.3. The van der Waals surface area contributed by atoms with Crippen LogP contribution in [0.1, 0.15) is 11.1 Å². The Kier molecular flexibility index (Phi) is 4.60. The Balaban J connectivity index is 1.89. The van der Waals surface area contributed by atoms with E-state index in [0.29, 0.717) is 6.42 Å². The van der Waals surface area contributed by atoms with Crippen molar-refractivity contribution in [3.8, 4) is 5.88 Å². The number of halogens is 1. The van der Waals surface area contributed by atoms with Crippen LogP contribution in [0.15, 0.2) is 42.5 Å². The monoisotopic (exact) mass is 276 g/mol. The summed E-state index contributed by atoms with van der Waals surface area (Å²) in [4.78, 5) is 13.5. The minimum atomic E-state index is -0.586. The Bertz CT molecular complexity index is 587. The second-order valence-corrected chi connectivity index (χ2v) is 4.21. The van der Waals surface area contributed by atoms with E-state index in [-0.39, 0.29) is 24.0 Å². The molecule has 1 heterocycles. The third-order valence-corrected chi connectivity index (χ3v) is 2.68. The van der Waals surface area contributed by atoms with Gasteiger partial charge in [-0.05, 0) is 17.2 Å². The van der Waals surface area contributed by atoms with Crippen molar-refractivity contribution in [1.29, 1.82) is 0 Å². The number of nitro groups is 1. The quantitative estimate of drug-likeness (QED) is 0.462. The largest absolute Gasteiger partial charge is 0.473 e. The molecule has 0 saturated carbocycles. The van der Waals surface area contributed by atoms with Crippen LogP contribution in [0.3, 0.4) is 0 Å². The fourth-order valence-electron chi connectivity index (χ4n) is 1.65. The zero-order valence-electron chi connectivity index (χ0n) is 10.7. The van der Waals surface area contributed by atoms with Crippen molar-refractivity contribution in [2.45, 2.75) is 13.0 Å². The van der Waals surface area contributed by atoms with E-state index in [9.17, 15) is 14.5 Å². The van der Waals surface area contributed by atoms with Crippen LogP contribution in [0.2, 0.25) is 0 Å². The van der Waals surface area contributed by atoms with Crippen molar-refractivity contribution in [3.63, 3.8) is 0 Å². The number of nitrogens with zero attached hydrogens (tertiary/aromatic N) is 2. The average molecular weight is 276 g/mol. The van der Waals surface area contributed by atoms with Crippen molar-refractivity contribution in [2.75, 3.05) is 6.54 Å².